The van der Waals surface area contributed by atoms with Gasteiger partial charge in [0.1, 0.15) is 34.8 Å². The minimum absolute atomic E-state index is 0.0659. The van der Waals surface area contributed by atoms with E-state index in [4.69, 9.17) is 24.4 Å². The Morgan fingerprint density at radius 3 is 2.29 bits per heavy atom. The van der Waals surface area contributed by atoms with E-state index in [1.807, 2.05) is 97.2 Å². The molecule has 0 spiro atoms. The Kier molecular flexibility index (Phi) is 12.9. The minimum Gasteiger partial charge on any atom is -0.542 e. The summed E-state index contributed by atoms with van der Waals surface area (Å²) < 4.78 is 45.8. The minimum atomic E-state index is -5.19. The summed E-state index contributed by atoms with van der Waals surface area (Å²) in [6, 6.07) is 34.1. The zero-order valence-electron chi connectivity index (χ0n) is 30.1. The summed E-state index contributed by atoms with van der Waals surface area (Å²) in [5.74, 6) is -0.804. The lowest BCUT2D eigenvalue weighted by Gasteiger charge is -2.16. The van der Waals surface area contributed by atoms with Crippen molar-refractivity contribution >= 4 is 23.3 Å². The molecule has 7 rings (SSSR count). The fraction of sp³-hybridized carbons (Fsp3) is 0.225. The zero-order chi connectivity index (χ0) is 39.5. The maximum atomic E-state index is 12.2. The van der Waals surface area contributed by atoms with Gasteiger partial charge in [-0.2, -0.15) is 13.2 Å². The second kappa shape index (κ2) is 18.4. The van der Waals surface area contributed by atoms with E-state index in [2.05, 4.69) is 33.5 Å². The zero-order valence-corrected chi connectivity index (χ0v) is 30.9. The van der Waals surface area contributed by atoms with Crippen LogP contribution in [0.4, 0.5) is 18.0 Å². The molecule has 0 aliphatic carbocycles. The number of aromatic nitrogens is 4. The predicted octanol–water partition coefficient (Wildman–Crippen LogP) is 5.78. The van der Waals surface area contributed by atoms with Gasteiger partial charge in [-0.05, 0) is 73.4 Å². The number of nitrogens with one attached hydrogen (secondary N) is 1. The Balaban J connectivity index is 0.000000695. The Bertz CT molecular complexity index is 2220. The Morgan fingerprint density at radius 2 is 1.62 bits per heavy atom. The van der Waals surface area contributed by atoms with E-state index in [0.29, 0.717) is 32.0 Å². The van der Waals surface area contributed by atoms with E-state index in [1.54, 1.807) is 20.9 Å². The number of aryl methyl sites for hydroxylation is 1. The summed E-state index contributed by atoms with van der Waals surface area (Å²) in [5.41, 5.74) is 9.52. The topological polar surface area (TPSA) is 162 Å². The van der Waals surface area contributed by atoms with Crippen LogP contribution in [0.15, 0.2) is 109 Å². The van der Waals surface area contributed by atoms with Crippen molar-refractivity contribution in [2.45, 2.75) is 25.4 Å². The van der Waals surface area contributed by atoms with Gasteiger partial charge in [0.25, 0.3) is 0 Å². The number of carbonyl (C=O) groups is 2. The number of thiazole rings is 1. The maximum absolute atomic E-state index is 12.2. The smallest absolute Gasteiger partial charge is 0.430 e. The highest BCUT2D eigenvalue weighted by Gasteiger charge is 2.29. The molecule has 1 fully saturated rings. The number of rotatable bonds is 14. The number of halogens is 3. The van der Waals surface area contributed by atoms with Crippen LogP contribution in [0.3, 0.4) is 0 Å². The average molecular weight is 786 g/mol. The van der Waals surface area contributed by atoms with Crippen LogP contribution >= 0.6 is 11.3 Å². The number of alkyl halides is 3. The number of nitrogens with zero attached hydrogens (tertiary/aromatic N) is 5. The van der Waals surface area contributed by atoms with Crippen LogP contribution in [0.2, 0.25) is 0 Å². The van der Waals surface area contributed by atoms with Crippen molar-refractivity contribution in [3.05, 3.63) is 115 Å². The van der Waals surface area contributed by atoms with E-state index in [1.165, 1.54) is 0 Å². The Labute approximate surface area is 324 Å². The van der Waals surface area contributed by atoms with Gasteiger partial charge in [0.15, 0.2) is 0 Å². The second-order valence-corrected chi connectivity index (χ2v) is 13.5. The number of aliphatic carboxylic acids is 1. The molecule has 56 heavy (non-hydrogen) atoms. The van der Waals surface area contributed by atoms with Gasteiger partial charge < -0.3 is 35.3 Å². The van der Waals surface area contributed by atoms with Crippen LogP contribution < -0.4 is 25.6 Å². The third-order valence-electron chi connectivity index (χ3n) is 8.50. The van der Waals surface area contributed by atoms with Gasteiger partial charge in [-0.1, -0.05) is 53.7 Å². The molecular formula is C40H38F3N7O5S. The molecule has 290 valence electrons. The summed E-state index contributed by atoms with van der Waals surface area (Å²) in [4.78, 5) is 29.0. The molecule has 4 aromatic carbocycles. The molecule has 1 saturated heterocycles. The molecule has 0 unspecified atom stereocenters. The van der Waals surface area contributed by atoms with Gasteiger partial charge in [-0.3, -0.25) is 0 Å². The predicted molar refractivity (Wildman–Crippen MR) is 202 cm³/mol. The van der Waals surface area contributed by atoms with Crippen LogP contribution in [0.5, 0.6) is 17.2 Å². The average Bonchev–Trinajstić information content (AvgIpc) is 3.97. The fourth-order valence-electron chi connectivity index (χ4n) is 5.68. The first-order valence-corrected chi connectivity index (χ1v) is 18.6. The summed E-state index contributed by atoms with van der Waals surface area (Å²) in [6.45, 7) is 3.03. The number of quaternary nitrogens is 1. The molecule has 12 nitrogen and oxygen atoms in total. The van der Waals surface area contributed by atoms with Crippen molar-refractivity contribution in [1.29, 1.82) is 0 Å². The van der Waals surface area contributed by atoms with Gasteiger partial charge in [-0.25, -0.2) is 14.5 Å². The second-order valence-electron chi connectivity index (χ2n) is 12.5. The summed E-state index contributed by atoms with van der Waals surface area (Å²) in [5, 5.41) is 21.3. The van der Waals surface area contributed by atoms with Crippen LogP contribution in [-0.4, -0.2) is 75.8 Å². The SMILES string of the molecule is O=C([O-])C(F)(F)F.[NH3+]CCCCc1cn(-c2ccc(-c3nc(-c4ccc(Oc5ccccc5)cc4)c(-c4ccccc4)s3)c(OCCN3CCNC3=O)c2)nn1. The van der Waals surface area contributed by atoms with Crippen LogP contribution in [0.1, 0.15) is 18.5 Å². The fourth-order valence-corrected chi connectivity index (χ4v) is 6.81. The molecule has 0 atom stereocenters. The quantitative estimate of drug-likeness (QED) is 0.131. The summed E-state index contributed by atoms with van der Waals surface area (Å²) >= 11 is 1.62. The number of urea groups is 1. The molecule has 1 aliphatic rings. The first-order valence-electron chi connectivity index (χ1n) is 17.8. The number of carboxylic acids is 1. The molecule has 0 bridgehead atoms. The number of amides is 2. The van der Waals surface area contributed by atoms with E-state index in [0.717, 1.165) is 81.0 Å². The maximum Gasteiger partial charge on any atom is 0.430 e. The lowest BCUT2D eigenvalue weighted by Crippen LogP contribution is -2.50. The summed E-state index contributed by atoms with van der Waals surface area (Å²) in [6.07, 6.45) is -0.283. The van der Waals surface area contributed by atoms with E-state index in [9.17, 15) is 18.0 Å². The van der Waals surface area contributed by atoms with Gasteiger partial charge in [0.2, 0.25) is 0 Å². The lowest BCUT2D eigenvalue weighted by atomic mass is 10.1. The summed E-state index contributed by atoms with van der Waals surface area (Å²) in [7, 11) is 0. The molecule has 0 radical (unpaired) electrons. The number of para-hydroxylation sites is 1. The normalized spacial score (nSPS) is 12.5. The monoisotopic (exact) mass is 785 g/mol. The lowest BCUT2D eigenvalue weighted by molar-refractivity contribution is -0.368. The molecule has 2 amide bonds. The Hall–Kier alpha value is -6.26. The third kappa shape index (κ3) is 10.3. The van der Waals surface area contributed by atoms with E-state index < -0.39 is 12.1 Å². The number of hydrogen-bond donors (Lipinski definition) is 2. The van der Waals surface area contributed by atoms with Crippen LogP contribution in [0, 0.1) is 0 Å². The number of ether oxygens (including phenoxy) is 2. The van der Waals surface area contributed by atoms with Crippen molar-refractivity contribution < 1.29 is 43.1 Å². The van der Waals surface area contributed by atoms with Gasteiger partial charge >= 0.3 is 12.2 Å². The standard InChI is InChI=1S/C38H37N7O3S.C2HF3O2/c39-20-8-7-11-29-26-45(43-42-29)30-16-19-33(34(25-30)47-24-23-44-22-21-40-38(44)46)37-41-35(36(49-37)28-9-3-1-4-10-28)27-14-17-32(18-15-27)48-31-12-5-2-6-13-31;3-2(4,5)1(6)7/h1-6,9-10,12-19,25-26H,7-8,11,20-24,39H2,(H,40,46);(H,6,7). The number of carboxylic acid groups (broad SMARTS) is 1. The van der Waals surface area contributed by atoms with Crippen molar-refractivity contribution in [2.75, 3.05) is 32.8 Å². The highest BCUT2D eigenvalue weighted by Crippen LogP contribution is 2.43. The first-order chi connectivity index (χ1) is 27.1. The Morgan fingerprint density at radius 1 is 0.929 bits per heavy atom. The van der Waals surface area contributed by atoms with Crippen LogP contribution in [0.25, 0.3) is 38.0 Å². The van der Waals surface area contributed by atoms with Gasteiger partial charge in [-0.15, -0.1) is 16.4 Å². The number of benzene rings is 4. The van der Waals surface area contributed by atoms with Crippen molar-refractivity contribution in [3.8, 4) is 55.2 Å². The number of hydrogen-bond acceptors (Lipinski definition) is 9. The molecule has 3 heterocycles. The molecule has 0 saturated carbocycles. The van der Waals surface area contributed by atoms with Crippen LogP contribution in [-0.2, 0) is 11.2 Å². The van der Waals surface area contributed by atoms with E-state index in [-0.39, 0.29) is 6.03 Å². The number of carbonyl (C=O) groups excluding carboxylic acids is 2. The largest absolute Gasteiger partial charge is 0.542 e. The highest BCUT2D eigenvalue weighted by molar-refractivity contribution is 7.19. The van der Waals surface area contributed by atoms with Gasteiger partial charge in [0.05, 0.1) is 46.8 Å². The molecule has 1 aliphatic heterocycles. The number of unbranched alkanes of at least 4 members (excludes halogenated alkanes) is 1. The third-order valence-corrected chi connectivity index (χ3v) is 9.64. The molecule has 4 N–H and O–H groups in total. The highest BCUT2D eigenvalue weighted by atomic mass is 32.1. The molecular weight excluding hydrogens is 748 g/mol. The molecule has 16 heteroatoms. The molecule has 2 aromatic heterocycles. The van der Waals surface area contributed by atoms with Crippen molar-refractivity contribution in [3.63, 3.8) is 0 Å². The van der Waals surface area contributed by atoms with Crippen molar-refractivity contribution in [1.82, 2.24) is 30.2 Å². The van der Waals surface area contributed by atoms with E-state index >= 15 is 0 Å². The van der Waals surface area contributed by atoms with Gasteiger partial charge in [0, 0.05) is 24.7 Å². The first kappa shape index (κ1) is 39.4. The van der Waals surface area contributed by atoms with Crippen molar-refractivity contribution in [2.24, 2.45) is 0 Å². The molecule has 6 aromatic rings.